The van der Waals surface area contributed by atoms with Crippen LogP contribution < -0.4 is 0 Å². The van der Waals surface area contributed by atoms with Gasteiger partial charge in [-0.3, -0.25) is 0 Å². The van der Waals surface area contributed by atoms with Crippen molar-refractivity contribution in [1.29, 1.82) is 0 Å². The third-order valence-electron chi connectivity index (χ3n) is 3.39. The first kappa shape index (κ1) is 19.2. The summed E-state index contributed by atoms with van der Waals surface area (Å²) in [6.45, 7) is 1.94. The Balaban J connectivity index is 2.06. The Labute approximate surface area is 170 Å². The van der Waals surface area contributed by atoms with Gasteiger partial charge in [-0.1, -0.05) is 40.7 Å². The zero-order valence-corrected chi connectivity index (χ0v) is 16.3. The number of rotatable bonds is 3. The van der Waals surface area contributed by atoms with E-state index in [4.69, 9.17) is 39.5 Å². The first-order valence-corrected chi connectivity index (χ1v) is 8.98. The lowest BCUT2D eigenvalue weighted by Gasteiger charge is -2.06. The molecular weight excluding hydrogens is 409 g/mol. The molecule has 0 saturated carbocycles. The highest BCUT2D eigenvalue weighted by molar-refractivity contribution is 6.35. The quantitative estimate of drug-likeness (QED) is 0.451. The van der Waals surface area contributed by atoms with E-state index in [-0.39, 0.29) is 12.3 Å². The number of pyridine rings is 1. The van der Waals surface area contributed by atoms with Crippen molar-refractivity contribution in [1.82, 2.24) is 14.8 Å². The van der Waals surface area contributed by atoms with E-state index in [2.05, 4.69) is 21.9 Å². The van der Waals surface area contributed by atoms with E-state index in [9.17, 15) is 4.79 Å². The Kier molecular flexibility index (Phi) is 6.02. The van der Waals surface area contributed by atoms with Crippen molar-refractivity contribution in [2.24, 2.45) is 0 Å². The van der Waals surface area contributed by atoms with Crippen LogP contribution in [0.4, 0.5) is 0 Å². The highest BCUT2D eigenvalue weighted by atomic mass is 35.5. The molecule has 0 amide bonds. The number of carbonyl (C=O) groups is 1. The van der Waals surface area contributed by atoms with Gasteiger partial charge in [0.25, 0.3) is 0 Å². The number of carbonyl (C=O) groups excluding carboxylic acids is 1. The summed E-state index contributed by atoms with van der Waals surface area (Å²) in [5.41, 5.74) is 1.10. The fraction of sp³-hybridized carbons (Fsp3) is 0.105. The maximum Gasteiger partial charge on any atom is 0.357 e. The van der Waals surface area contributed by atoms with E-state index < -0.39 is 5.97 Å². The molecular formula is C19H12Cl3N3O2. The Morgan fingerprint density at radius 3 is 2.67 bits per heavy atom. The first-order chi connectivity index (χ1) is 13.0. The van der Waals surface area contributed by atoms with E-state index >= 15 is 0 Å². The van der Waals surface area contributed by atoms with Crippen molar-refractivity contribution in [3.63, 3.8) is 0 Å². The summed E-state index contributed by atoms with van der Waals surface area (Å²) in [5, 5.41) is 5.61. The van der Waals surface area contributed by atoms with Gasteiger partial charge in [-0.2, -0.15) is 5.10 Å². The van der Waals surface area contributed by atoms with Crippen LogP contribution in [0.3, 0.4) is 0 Å². The highest BCUT2D eigenvalue weighted by Crippen LogP contribution is 2.21. The van der Waals surface area contributed by atoms with E-state index in [1.807, 2.05) is 0 Å². The second-order valence-electron chi connectivity index (χ2n) is 5.23. The van der Waals surface area contributed by atoms with Crippen LogP contribution in [0.1, 0.15) is 28.7 Å². The number of hydrogen-bond donors (Lipinski definition) is 0. The van der Waals surface area contributed by atoms with Crippen LogP contribution in [-0.2, 0) is 4.74 Å². The molecule has 0 spiro atoms. The number of hydrogen-bond acceptors (Lipinski definition) is 4. The molecule has 1 aromatic carbocycles. The predicted molar refractivity (Wildman–Crippen MR) is 105 cm³/mol. The standard InChI is InChI=1S/C19H12Cl3N3O2/c1-2-27-19(26)17-11-14(8-6-12-5-7-13(20)10-16(12)22)24-25(17)18-15(21)4-3-9-23-18/h3-5,7,9-11H,2H2,1H3. The molecule has 27 heavy (non-hydrogen) atoms. The molecule has 0 radical (unpaired) electrons. The van der Waals surface area contributed by atoms with E-state index in [1.54, 1.807) is 43.5 Å². The molecule has 2 heterocycles. The maximum absolute atomic E-state index is 12.3. The van der Waals surface area contributed by atoms with Crippen molar-refractivity contribution in [2.45, 2.75) is 6.92 Å². The summed E-state index contributed by atoms with van der Waals surface area (Å²) in [7, 11) is 0. The molecule has 3 aromatic rings. The van der Waals surface area contributed by atoms with Gasteiger partial charge >= 0.3 is 5.97 Å². The monoisotopic (exact) mass is 419 g/mol. The van der Waals surface area contributed by atoms with Crippen LogP contribution in [0, 0.1) is 11.8 Å². The molecule has 0 atom stereocenters. The second-order valence-corrected chi connectivity index (χ2v) is 6.48. The van der Waals surface area contributed by atoms with Gasteiger partial charge in [-0.25, -0.2) is 14.5 Å². The molecule has 0 aliphatic rings. The minimum atomic E-state index is -0.552. The van der Waals surface area contributed by atoms with Crippen molar-refractivity contribution >= 4 is 40.8 Å². The SMILES string of the molecule is CCOC(=O)c1cc(C#Cc2ccc(Cl)cc2Cl)nn1-c1ncccc1Cl. The number of halogens is 3. The molecule has 0 unspecified atom stereocenters. The topological polar surface area (TPSA) is 57.0 Å². The lowest BCUT2D eigenvalue weighted by atomic mass is 10.2. The fourth-order valence-electron chi connectivity index (χ4n) is 2.21. The van der Waals surface area contributed by atoms with E-state index in [0.717, 1.165) is 0 Å². The normalized spacial score (nSPS) is 10.2. The average Bonchev–Trinajstić information content (AvgIpc) is 3.06. The molecule has 0 aliphatic carbocycles. The minimum Gasteiger partial charge on any atom is -0.461 e. The van der Waals surface area contributed by atoms with Crippen molar-refractivity contribution in [3.8, 4) is 17.7 Å². The Hall–Kier alpha value is -2.52. The van der Waals surface area contributed by atoms with Crippen molar-refractivity contribution < 1.29 is 9.53 Å². The van der Waals surface area contributed by atoms with Gasteiger partial charge in [0.1, 0.15) is 5.69 Å². The van der Waals surface area contributed by atoms with Gasteiger partial charge in [0, 0.05) is 22.8 Å². The van der Waals surface area contributed by atoms with Crippen LogP contribution >= 0.6 is 34.8 Å². The van der Waals surface area contributed by atoms with Gasteiger partial charge in [-0.05, 0) is 43.2 Å². The molecule has 0 bridgehead atoms. The summed E-state index contributed by atoms with van der Waals surface area (Å²) in [6.07, 6.45) is 1.55. The van der Waals surface area contributed by atoms with Gasteiger partial charge < -0.3 is 4.74 Å². The minimum absolute atomic E-state index is 0.170. The average molecular weight is 421 g/mol. The summed E-state index contributed by atoms with van der Waals surface area (Å²) >= 11 is 18.2. The molecule has 2 aromatic heterocycles. The van der Waals surface area contributed by atoms with Gasteiger partial charge in [0.05, 0.1) is 16.7 Å². The largest absolute Gasteiger partial charge is 0.461 e. The maximum atomic E-state index is 12.3. The van der Waals surface area contributed by atoms with Crippen LogP contribution in [0.2, 0.25) is 15.1 Å². The fourth-order valence-corrected chi connectivity index (χ4v) is 2.87. The van der Waals surface area contributed by atoms with Crippen LogP contribution in [0.15, 0.2) is 42.6 Å². The Morgan fingerprint density at radius 1 is 1.15 bits per heavy atom. The number of aromatic nitrogens is 3. The molecule has 0 saturated heterocycles. The van der Waals surface area contributed by atoms with Crippen LogP contribution in [0.25, 0.3) is 5.82 Å². The first-order valence-electron chi connectivity index (χ1n) is 7.84. The lowest BCUT2D eigenvalue weighted by molar-refractivity contribution is 0.0515. The predicted octanol–water partition coefficient (Wildman–Crippen LogP) is 4.80. The van der Waals surface area contributed by atoms with Gasteiger partial charge in [0.15, 0.2) is 11.5 Å². The number of esters is 1. The lowest BCUT2D eigenvalue weighted by Crippen LogP contribution is -2.13. The van der Waals surface area contributed by atoms with Gasteiger partial charge in [-0.15, -0.1) is 0 Å². The third-order valence-corrected chi connectivity index (χ3v) is 4.23. The van der Waals surface area contributed by atoms with Crippen LogP contribution in [-0.4, -0.2) is 27.3 Å². The van der Waals surface area contributed by atoms with Crippen molar-refractivity contribution in [2.75, 3.05) is 6.61 Å². The highest BCUT2D eigenvalue weighted by Gasteiger charge is 2.19. The van der Waals surface area contributed by atoms with Crippen molar-refractivity contribution in [3.05, 3.63) is 74.6 Å². The summed E-state index contributed by atoms with van der Waals surface area (Å²) in [4.78, 5) is 16.5. The Morgan fingerprint density at radius 2 is 1.96 bits per heavy atom. The molecule has 0 aliphatic heterocycles. The molecule has 3 rings (SSSR count). The Bertz CT molecular complexity index is 1070. The second kappa shape index (κ2) is 8.45. The zero-order chi connectivity index (χ0) is 19.4. The molecule has 8 heteroatoms. The van der Waals surface area contributed by atoms with Crippen LogP contribution in [0.5, 0.6) is 0 Å². The summed E-state index contributed by atoms with van der Waals surface area (Å²) in [5.74, 6) is 5.55. The summed E-state index contributed by atoms with van der Waals surface area (Å²) in [6, 6.07) is 9.84. The molecule has 0 N–H and O–H groups in total. The summed E-state index contributed by atoms with van der Waals surface area (Å²) < 4.78 is 6.40. The zero-order valence-electron chi connectivity index (χ0n) is 14.0. The molecule has 0 fully saturated rings. The third kappa shape index (κ3) is 4.42. The number of ether oxygens (including phenoxy) is 1. The number of benzene rings is 1. The number of nitrogens with zero attached hydrogens (tertiary/aromatic N) is 3. The van der Waals surface area contributed by atoms with Gasteiger partial charge in [0.2, 0.25) is 0 Å². The smallest absolute Gasteiger partial charge is 0.357 e. The molecule has 5 nitrogen and oxygen atoms in total. The van der Waals surface area contributed by atoms with E-state index in [1.165, 1.54) is 10.7 Å². The van der Waals surface area contributed by atoms with E-state index in [0.29, 0.717) is 32.1 Å². The molecule has 136 valence electrons.